The Kier molecular flexibility index (Phi) is 6.07. The van der Waals surface area contributed by atoms with Gasteiger partial charge in [-0.1, -0.05) is 29.8 Å². The van der Waals surface area contributed by atoms with Gasteiger partial charge in [-0.2, -0.15) is 4.31 Å². The van der Waals surface area contributed by atoms with E-state index in [2.05, 4.69) is 14.9 Å². The maximum Gasteiger partial charge on any atom is 0.268 e. The van der Waals surface area contributed by atoms with Crippen molar-refractivity contribution in [2.24, 2.45) is 0 Å². The highest BCUT2D eigenvalue weighted by Crippen LogP contribution is 2.31. The summed E-state index contributed by atoms with van der Waals surface area (Å²) in [6.45, 7) is 4.16. The summed E-state index contributed by atoms with van der Waals surface area (Å²) in [4.78, 5) is 23.4. The van der Waals surface area contributed by atoms with Gasteiger partial charge in [0, 0.05) is 31.1 Å². The second-order valence-corrected chi connectivity index (χ2v) is 11.3. The van der Waals surface area contributed by atoms with Crippen LogP contribution in [0.5, 0.6) is 0 Å². The predicted octanol–water partition coefficient (Wildman–Crippen LogP) is 3.61. The molecule has 176 valence electrons. The summed E-state index contributed by atoms with van der Waals surface area (Å²) in [5.41, 5.74) is 2.23. The van der Waals surface area contributed by atoms with Crippen molar-refractivity contribution in [1.82, 2.24) is 19.2 Å². The molecule has 7 nitrogen and oxygen atoms in total. The first-order chi connectivity index (χ1) is 16.3. The molecule has 1 aliphatic rings. The van der Waals surface area contributed by atoms with Crippen molar-refractivity contribution in [1.29, 1.82) is 0 Å². The standard InChI is InChI=1S/C24H23FN4O3S2/c1-16-2-8-19(9-3-16)34(31,32)29-12-10-28(11-13-29)15-22-26-20-14-21(33-23(20)24(30)27-22)17-4-6-18(25)7-5-17/h2-9,14H,10-13,15H2,1H3,(H,26,27,30). The first-order valence-corrected chi connectivity index (χ1v) is 13.1. The van der Waals surface area contributed by atoms with Crippen molar-refractivity contribution in [3.63, 3.8) is 0 Å². The van der Waals surface area contributed by atoms with Gasteiger partial charge in [0.25, 0.3) is 5.56 Å². The Bertz CT molecular complexity index is 1490. The van der Waals surface area contributed by atoms with Crippen LogP contribution in [0.4, 0.5) is 4.39 Å². The van der Waals surface area contributed by atoms with Crippen LogP contribution in [0.15, 0.2) is 64.3 Å². The number of aryl methyl sites for hydroxylation is 1. The number of fused-ring (bicyclic) bond motifs is 1. The Morgan fingerprint density at radius 3 is 2.38 bits per heavy atom. The summed E-state index contributed by atoms with van der Waals surface area (Å²) >= 11 is 1.32. The van der Waals surface area contributed by atoms with Crippen molar-refractivity contribution in [2.75, 3.05) is 26.2 Å². The summed E-state index contributed by atoms with van der Waals surface area (Å²) in [6, 6.07) is 14.9. The quantitative estimate of drug-likeness (QED) is 0.454. The van der Waals surface area contributed by atoms with Gasteiger partial charge in [-0.15, -0.1) is 11.3 Å². The monoisotopic (exact) mass is 498 g/mol. The van der Waals surface area contributed by atoms with E-state index in [1.165, 1.54) is 27.8 Å². The minimum absolute atomic E-state index is 0.209. The number of piperazine rings is 1. The minimum Gasteiger partial charge on any atom is -0.308 e. The van der Waals surface area contributed by atoms with Crippen molar-refractivity contribution in [2.45, 2.75) is 18.4 Å². The van der Waals surface area contributed by atoms with E-state index in [9.17, 15) is 17.6 Å². The van der Waals surface area contributed by atoms with E-state index < -0.39 is 10.0 Å². The van der Waals surface area contributed by atoms with E-state index in [4.69, 9.17) is 0 Å². The zero-order valence-corrected chi connectivity index (χ0v) is 20.1. The van der Waals surface area contributed by atoms with Crippen molar-refractivity contribution in [3.8, 4) is 10.4 Å². The van der Waals surface area contributed by atoms with Gasteiger partial charge in [0.05, 0.1) is 17.0 Å². The third kappa shape index (κ3) is 4.54. The molecule has 0 spiro atoms. The number of aromatic nitrogens is 2. The van der Waals surface area contributed by atoms with Crippen molar-refractivity contribution in [3.05, 3.63) is 82.2 Å². The number of thiophene rings is 1. The number of nitrogens with zero attached hydrogens (tertiary/aromatic N) is 3. The molecule has 1 saturated heterocycles. The Morgan fingerprint density at radius 1 is 1.03 bits per heavy atom. The van der Waals surface area contributed by atoms with Gasteiger partial charge >= 0.3 is 0 Å². The number of nitrogens with one attached hydrogen (secondary N) is 1. The lowest BCUT2D eigenvalue weighted by molar-refractivity contribution is 0.178. The van der Waals surface area contributed by atoms with Gasteiger partial charge in [0.1, 0.15) is 16.3 Å². The lowest BCUT2D eigenvalue weighted by Crippen LogP contribution is -2.48. The van der Waals surface area contributed by atoms with Crippen LogP contribution in [0.1, 0.15) is 11.4 Å². The highest BCUT2D eigenvalue weighted by atomic mass is 32.2. The molecule has 0 saturated carbocycles. The molecule has 4 aromatic rings. The van der Waals surface area contributed by atoms with Crippen LogP contribution < -0.4 is 5.56 Å². The van der Waals surface area contributed by atoms with Crippen LogP contribution in [0.25, 0.3) is 20.7 Å². The molecule has 2 aromatic heterocycles. The third-order valence-corrected chi connectivity index (χ3v) is 9.01. The molecule has 1 fully saturated rings. The Hall–Kier alpha value is -2.92. The fourth-order valence-electron chi connectivity index (χ4n) is 4.02. The third-order valence-electron chi connectivity index (χ3n) is 5.92. The van der Waals surface area contributed by atoms with Crippen LogP contribution in [0, 0.1) is 12.7 Å². The number of hydrogen-bond acceptors (Lipinski definition) is 6. The van der Waals surface area contributed by atoms with Crippen molar-refractivity contribution < 1.29 is 12.8 Å². The average Bonchev–Trinajstić information content (AvgIpc) is 3.25. The molecule has 1 aliphatic heterocycles. The smallest absolute Gasteiger partial charge is 0.268 e. The van der Waals surface area contributed by atoms with Crippen LogP contribution >= 0.6 is 11.3 Å². The van der Waals surface area contributed by atoms with Gasteiger partial charge < -0.3 is 4.98 Å². The number of aromatic amines is 1. The number of halogens is 1. The Labute approximate surface area is 200 Å². The molecule has 0 aliphatic carbocycles. The second-order valence-electron chi connectivity index (χ2n) is 8.34. The SMILES string of the molecule is Cc1ccc(S(=O)(=O)N2CCN(Cc3nc4cc(-c5ccc(F)cc5)sc4c(=O)[nH]3)CC2)cc1. The predicted molar refractivity (Wildman–Crippen MR) is 131 cm³/mol. The lowest BCUT2D eigenvalue weighted by atomic mass is 10.2. The molecule has 10 heteroatoms. The summed E-state index contributed by atoms with van der Waals surface area (Å²) in [6.07, 6.45) is 0. The summed E-state index contributed by atoms with van der Waals surface area (Å²) < 4.78 is 41.1. The number of H-pyrrole nitrogens is 1. The Balaban J connectivity index is 1.29. The van der Waals surface area contributed by atoms with Crippen LogP contribution in [0.3, 0.4) is 0 Å². The fraction of sp³-hybridized carbons (Fsp3) is 0.250. The van der Waals surface area contributed by atoms with Gasteiger partial charge in [-0.25, -0.2) is 17.8 Å². The number of sulfonamides is 1. The van der Waals surface area contributed by atoms with Gasteiger partial charge in [-0.3, -0.25) is 9.69 Å². The molecule has 0 unspecified atom stereocenters. The van der Waals surface area contributed by atoms with E-state index >= 15 is 0 Å². The molecule has 5 rings (SSSR count). The van der Waals surface area contributed by atoms with Crippen LogP contribution in [0.2, 0.25) is 0 Å². The first-order valence-electron chi connectivity index (χ1n) is 10.9. The molecule has 3 heterocycles. The number of hydrogen-bond donors (Lipinski definition) is 1. The second kappa shape index (κ2) is 9.03. The van der Waals surface area contributed by atoms with E-state index in [0.29, 0.717) is 53.7 Å². The molecule has 0 amide bonds. The molecular formula is C24H23FN4O3S2. The summed E-state index contributed by atoms with van der Waals surface area (Å²) in [5, 5.41) is 0. The molecule has 0 atom stereocenters. The molecule has 0 radical (unpaired) electrons. The Morgan fingerprint density at radius 2 is 1.71 bits per heavy atom. The highest BCUT2D eigenvalue weighted by Gasteiger charge is 2.28. The van der Waals surface area contributed by atoms with E-state index in [1.807, 2.05) is 13.0 Å². The van der Waals surface area contributed by atoms with Crippen LogP contribution in [-0.2, 0) is 16.6 Å². The largest absolute Gasteiger partial charge is 0.308 e. The zero-order valence-electron chi connectivity index (χ0n) is 18.5. The molecular weight excluding hydrogens is 475 g/mol. The lowest BCUT2D eigenvalue weighted by Gasteiger charge is -2.33. The molecule has 2 aromatic carbocycles. The number of rotatable bonds is 5. The molecule has 0 bridgehead atoms. The first kappa shape index (κ1) is 22.9. The fourth-order valence-corrected chi connectivity index (χ4v) is 6.44. The molecule has 34 heavy (non-hydrogen) atoms. The normalized spacial score (nSPS) is 15.7. The minimum atomic E-state index is -3.53. The van der Waals surface area contributed by atoms with E-state index in [-0.39, 0.29) is 11.4 Å². The van der Waals surface area contributed by atoms with Gasteiger partial charge in [0.2, 0.25) is 10.0 Å². The van der Waals surface area contributed by atoms with E-state index in [1.54, 1.807) is 36.4 Å². The molecule has 1 N–H and O–H groups in total. The topological polar surface area (TPSA) is 86.4 Å². The summed E-state index contributed by atoms with van der Waals surface area (Å²) in [5.74, 6) is 0.227. The highest BCUT2D eigenvalue weighted by molar-refractivity contribution is 7.89. The number of benzene rings is 2. The summed E-state index contributed by atoms with van der Waals surface area (Å²) in [7, 11) is -3.53. The zero-order chi connectivity index (χ0) is 23.9. The maximum atomic E-state index is 13.2. The maximum absolute atomic E-state index is 13.2. The van der Waals surface area contributed by atoms with Gasteiger partial charge in [-0.05, 0) is 42.8 Å². The average molecular weight is 499 g/mol. The van der Waals surface area contributed by atoms with Gasteiger partial charge in [0.15, 0.2) is 0 Å². The van der Waals surface area contributed by atoms with Crippen LogP contribution in [-0.4, -0.2) is 53.8 Å². The van der Waals surface area contributed by atoms with Crippen molar-refractivity contribution >= 4 is 31.6 Å². The van der Waals surface area contributed by atoms with E-state index in [0.717, 1.165) is 16.0 Å².